The Morgan fingerprint density at radius 3 is 2.86 bits per heavy atom. The summed E-state index contributed by atoms with van der Waals surface area (Å²) in [7, 11) is 0. The lowest BCUT2D eigenvalue weighted by Gasteiger charge is -2.04. The van der Waals surface area contributed by atoms with Gasteiger partial charge in [-0.05, 0) is 28.1 Å². The minimum atomic E-state index is 0.549. The molecule has 3 nitrogen and oxygen atoms in total. The molecule has 0 radical (unpaired) electrons. The van der Waals surface area contributed by atoms with Crippen molar-refractivity contribution in [2.24, 2.45) is 0 Å². The molecule has 0 amide bonds. The molecule has 0 spiro atoms. The molecule has 0 fully saturated rings. The number of fused-ring (bicyclic) bond motifs is 1. The van der Waals surface area contributed by atoms with E-state index in [0.29, 0.717) is 5.82 Å². The van der Waals surface area contributed by atoms with Crippen molar-refractivity contribution in [2.75, 3.05) is 5.73 Å². The van der Waals surface area contributed by atoms with Gasteiger partial charge < -0.3 is 5.73 Å². The summed E-state index contributed by atoms with van der Waals surface area (Å²) in [6, 6.07) is 5.81. The van der Waals surface area contributed by atoms with Gasteiger partial charge in [0.1, 0.15) is 11.6 Å². The minimum absolute atomic E-state index is 0.549. The molecule has 1 heterocycles. The molecular formula is C10H10BrN3. The first-order chi connectivity index (χ1) is 6.72. The Morgan fingerprint density at radius 2 is 2.14 bits per heavy atom. The van der Waals surface area contributed by atoms with Crippen LogP contribution in [0.1, 0.15) is 12.7 Å². The van der Waals surface area contributed by atoms with E-state index in [9.17, 15) is 0 Å². The number of rotatable bonds is 1. The molecule has 1 aromatic heterocycles. The van der Waals surface area contributed by atoms with Gasteiger partial charge >= 0.3 is 0 Å². The highest BCUT2D eigenvalue weighted by Crippen LogP contribution is 2.25. The molecule has 2 N–H and O–H groups in total. The Balaban J connectivity index is 2.83. The summed E-state index contributed by atoms with van der Waals surface area (Å²) in [4.78, 5) is 8.62. The molecule has 2 aromatic rings. The van der Waals surface area contributed by atoms with Gasteiger partial charge in [-0.3, -0.25) is 0 Å². The van der Waals surface area contributed by atoms with E-state index in [2.05, 4.69) is 25.9 Å². The second-order valence-electron chi connectivity index (χ2n) is 3.01. The molecule has 0 bridgehead atoms. The Labute approximate surface area is 90.5 Å². The zero-order valence-electron chi connectivity index (χ0n) is 7.79. The summed E-state index contributed by atoms with van der Waals surface area (Å²) < 4.78 is 0.957. The van der Waals surface area contributed by atoms with Crippen molar-refractivity contribution in [2.45, 2.75) is 13.3 Å². The van der Waals surface area contributed by atoms with Crippen LogP contribution in [0.4, 0.5) is 5.82 Å². The van der Waals surface area contributed by atoms with E-state index < -0.39 is 0 Å². The third kappa shape index (κ3) is 1.46. The number of anilines is 1. The highest BCUT2D eigenvalue weighted by Gasteiger charge is 2.05. The van der Waals surface area contributed by atoms with Crippen LogP contribution in [0.2, 0.25) is 0 Å². The van der Waals surface area contributed by atoms with Crippen molar-refractivity contribution in [3.8, 4) is 0 Å². The average Bonchev–Trinajstić information content (AvgIpc) is 2.19. The Bertz CT molecular complexity index is 482. The number of hydrogen-bond acceptors (Lipinski definition) is 3. The van der Waals surface area contributed by atoms with E-state index in [1.807, 2.05) is 25.1 Å². The Kier molecular flexibility index (Phi) is 2.37. The van der Waals surface area contributed by atoms with Crippen molar-refractivity contribution in [1.82, 2.24) is 9.97 Å². The molecule has 0 unspecified atom stereocenters. The summed E-state index contributed by atoms with van der Waals surface area (Å²) in [5, 5.41) is 0.900. The first-order valence-corrected chi connectivity index (χ1v) is 5.22. The van der Waals surface area contributed by atoms with Crippen LogP contribution < -0.4 is 5.73 Å². The van der Waals surface area contributed by atoms with Crippen LogP contribution in [0.5, 0.6) is 0 Å². The molecule has 72 valence electrons. The molecule has 0 saturated carbocycles. The summed E-state index contributed by atoms with van der Waals surface area (Å²) in [6.45, 7) is 2.01. The van der Waals surface area contributed by atoms with Crippen LogP contribution in [-0.2, 0) is 6.42 Å². The van der Waals surface area contributed by atoms with Gasteiger partial charge in [0.15, 0.2) is 0 Å². The van der Waals surface area contributed by atoms with Crippen molar-refractivity contribution < 1.29 is 0 Å². The van der Waals surface area contributed by atoms with E-state index in [1.165, 1.54) is 0 Å². The fraction of sp³-hybridized carbons (Fsp3) is 0.200. The van der Waals surface area contributed by atoms with Crippen molar-refractivity contribution in [1.29, 1.82) is 0 Å². The van der Waals surface area contributed by atoms with Crippen molar-refractivity contribution in [3.63, 3.8) is 0 Å². The summed E-state index contributed by atoms with van der Waals surface area (Å²) in [5.74, 6) is 1.33. The quantitative estimate of drug-likeness (QED) is 0.848. The molecule has 0 aliphatic heterocycles. The van der Waals surface area contributed by atoms with E-state index in [0.717, 1.165) is 27.6 Å². The Morgan fingerprint density at radius 1 is 1.36 bits per heavy atom. The van der Waals surface area contributed by atoms with E-state index in [-0.39, 0.29) is 0 Å². The summed E-state index contributed by atoms with van der Waals surface area (Å²) in [6.07, 6.45) is 0.793. The van der Waals surface area contributed by atoms with Crippen LogP contribution in [0.25, 0.3) is 10.9 Å². The summed E-state index contributed by atoms with van der Waals surface area (Å²) >= 11 is 3.45. The maximum absolute atomic E-state index is 5.83. The highest BCUT2D eigenvalue weighted by atomic mass is 79.9. The molecule has 0 aliphatic rings. The van der Waals surface area contributed by atoms with Crippen molar-refractivity contribution >= 4 is 32.7 Å². The standard InChI is InChI=1S/C10H10BrN3/c1-2-8-13-9-6(10(12)14-8)4-3-5-7(9)11/h3-5H,2H2,1H3,(H2,12,13,14). The fourth-order valence-corrected chi connectivity index (χ4v) is 1.80. The lowest BCUT2D eigenvalue weighted by molar-refractivity contribution is 0.965. The van der Waals surface area contributed by atoms with Gasteiger partial charge in [0.25, 0.3) is 0 Å². The fourth-order valence-electron chi connectivity index (χ4n) is 1.35. The molecule has 0 atom stereocenters. The van der Waals surface area contributed by atoms with Crippen LogP contribution in [-0.4, -0.2) is 9.97 Å². The lowest BCUT2D eigenvalue weighted by Crippen LogP contribution is -2.00. The molecular weight excluding hydrogens is 242 g/mol. The SMILES string of the molecule is CCc1nc(N)c2cccc(Br)c2n1. The lowest BCUT2D eigenvalue weighted by atomic mass is 10.2. The number of nitrogens with zero attached hydrogens (tertiary/aromatic N) is 2. The van der Waals surface area contributed by atoms with Crippen molar-refractivity contribution in [3.05, 3.63) is 28.5 Å². The zero-order valence-corrected chi connectivity index (χ0v) is 9.37. The maximum Gasteiger partial charge on any atom is 0.135 e. The molecule has 2 rings (SSSR count). The molecule has 4 heteroatoms. The third-order valence-electron chi connectivity index (χ3n) is 2.07. The van der Waals surface area contributed by atoms with Gasteiger partial charge in [0.2, 0.25) is 0 Å². The number of halogens is 1. The highest BCUT2D eigenvalue weighted by molar-refractivity contribution is 9.10. The average molecular weight is 252 g/mol. The second kappa shape index (κ2) is 3.53. The zero-order chi connectivity index (χ0) is 10.1. The molecule has 0 saturated heterocycles. The molecule has 1 aromatic carbocycles. The van der Waals surface area contributed by atoms with Gasteiger partial charge in [-0.1, -0.05) is 13.0 Å². The van der Waals surface area contributed by atoms with Gasteiger partial charge in [-0.15, -0.1) is 0 Å². The topological polar surface area (TPSA) is 51.8 Å². The predicted molar refractivity (Wildman–Crippen MR) is 61.0 cm³/mol. The van der Waals surface area contributed by atoms with Crippen LogP contribution in [0.15, 0.2) is 22.7 Å². The number of nitrogen functional groups attached to an aromatic ring is 1. The molecule has 14 heavy (non-hydrogen) atoms. The first kappa shape index (κ1) is 9.40. The monoisotopic (exact) mass is 251 g/mol. The summed E-state index contributed by atoms with van der Waals surface area (Å²) in [5.41, 5.74) is 6.72. The van der Waals surface area contributed by atoms with Crippen LogP contribution in [0.3, 0.4) is 0 Å². The minimum Gasteiger partial charge on any atom is -0.383 e. The van der Waals surface area contributed by atoms with Crippen LogP contribution in [0, 0.1) is 0 Å². The van der Waals surface area contributed by atoms with E-state index in [1.54, 1.807) is 0 Å². The second-order valence-corrected chi connectivity index (χ2v) is 3.87. The predicted octanol–water partition coefficient (Wildman–Crippen LogP) is 2.54. The number of aryl methyl sites for hydroxylation is 1. The molecule has 0 aliphatic carbocycles. The van der Waals surface area contributed by atoms with E-state index >= 15 is 0 Å². The van der Waals surface area contributed by atoms with Gasteiger partial charge in [0, 0.05) is 16.3 Å². The number of benzene rings is 1. The number of aromatic nitrogens is 2. The normalized spacial score (nSPS) is 10.7. The third-order valence-corrected chi connectivity index (χ3v) is 2.71. The maximum atomic E-state index is 5.83. The van der Waals surface area contributed by atoms with Gasteiger partial charge in [-0.25, -0.2) is 9.97 Å². The smallest absolute Gasteiger partial charge is 0.135 e. The number of para-hydroxylation sites is 1. The van der Waals surface area contributed by atoms with Gasteiger partial charge in [-0.2, -0.15) is 0 Å². The Hall–Kier alpha value is -1.16. The number of nitrogens with two attached hydrogens (primary N) is 1. The van der Waals surface area contributed by atoms with Gasteiger partial charge in [0.05, 0.1) is 5.52 Å². The largest absolute Gasteiger partial charge is 0.383 e. The first-order valence-electron chi connectivity index (χ1n) is 4.43. The van der Waals surface area contributed by atoms with E-state index in [4.69, 9.17) is 5.73 Å². The van der Waals surface area contributed by atoms with Crippen LogP contribution >= 0.6 is 15.9 Å². The number of hydrogen-bond donors (Lipinski definition) is 1.